The monoisotopic (exact) mass is 435 g/mol. The SMILES string of the molecule is COC(OC1CN(C(=O)O)CCC1c1ccc(CCO)cc1)c1ccc2ccccc2c1. The van der Waals surface area contributed by atoms with Crippen LogP contribution >= 0.6 is 0 Å². The smallest absolute Gasteiger partial charge is 0.407 e. The van der Waals surface area contributed by atoms with E-state index in [1.54, 1.807) is 7.11 Å². The van der Waals surface area contributed by atoms with Gasteiger partial charge in [-0.15, -0.1) is 0 Å². The molecule has 3 aromatic rings. The molecule has 0 aliphatic carbocycles. The Bertz CT molecular complexity index is 1050. The number of aliphatic hydroxyl groups is 1. The van der Waals surface area contributed by atoms with Crippen LogP contribution in [0.4, 0.5) is 4.79 Å². The third-order valence-corrected chi connectivity index (χ3v) is 6.20. The molecule has 1 aliphatic heterocycles. The van der Waals surface area contributed by atoms with E-state index in [0.717, 1.165) is 27.5 Å². The highest BCUT2D eigenvalue weighted by atomic mass is 16.7. The third-order valence-electron chi connectivity index (χ3n) is 6.20. The second kappa shape index (κ2) is 10.1. The van der Waals surface area contributed by atoms with Crippen LogP contribution in [0.15, 0.2) is 66.7 Å². The average molecular weight is 436 g/mol. The number of benzene rings is 3. The van der Waals surface area contributed by atoms with Crippen molar-refractivity contribution in [2.45, 2.75) is 31.2 Å². The highest BCUT2D eigenvalue weighted by Gasteiger charge is 2.35. The molecule has 168 valence electrons. The van der Waals surface area contributed by atoms with E-state index >= 15 is 0 Å². The van der Waals surface area contributed by atoms with Crippen molar-refractivity contribution in [2.75, 3.05) is 26.8 Å². The Kier molecular flexibility index (Phi) is 7.05. The quantitative estimate of drug-likeness (QED) is 0.532. The summed E-state index contributed by atoms with van der Waals surface area (Å²) in [5.41, 5.74) is 3.08. The molecule has 32 heavy (non-hydrogen) atoms. The lowest BCUT2D eigenvalue weighted by molar-refractivity contribution is -0.174. The van der Waals surface area contributed by atoms with Crippen molar-refractivity contribution in [2.24, 2.45) is 0 Å². The van der Waals surface area contributed by atoms with Crippen molar-refractivity contribution >= 4 is 16.9 Å². The third kappa shape index (κ3) is 4.93. The van der Waals surface area contributed by atoms with Crippen molar-refractivity contribution in [1.29, 1.82) is 0 Å². The van der Waals surface area contributed by atoms with Gasteiger partial charge in [0.1, 0.15) is 0 Å². The van der Waals surface area contributed by atoms with Crippen molar-refractivity contribution in [3.8, 4) is 0 Å². The van der Waals surface area contributed by atoms with Gasteiger partial charge in [0.05, 0.1) is 12.6 Å². The molecule has 4 rings (SSSR count). The minimum absolute atomic E-state index is 0.0480. The fourth-order valence-electron chi connectivity index (χ4n) is 4.45. The summed E-state index contributed by atoms with van der Waals surface area (Å²) in [6.07, 6.45) is -0.597. The van der Waals surface area contributed by atoms with Gasteiger partial charge >= 0.3 is 6.09 Å². The lowest BCUT2D eigenvalue weighted by Crippen LogP contribution is -2.46. The molecule has 3 aromatic carbocycles. The van der Waals surface area contributed by atoms with Crippen LogP contribution in [-0.4, -0.2) is 54.1 Å². The Morgan fingerprint density at radius 3 is 2.53 bits per heavy atom. The van der Waals surface area contributed by atoms with Crippen LogP contribution < -0.4 is 0 Å². The fraction of sp³-hybridized carbons (Fsp3) is 0.346. The summed E-state index contributed by atoms with van der Waals surface area (Å²) in [5.74, 6) is 0.0480. The summed E-state index contributed by atoms with van der Waals surface area (Å²) in [4.78, 5) is 13.1. The van der Waals surface area contributed by atoms with Crippen LogP contribution in [0.3, 0.4) is 0 Å². The van der Waals surface area contributed by atoms with Crippen LogP contribution in [0, 0.1) is 0 Å². The number of methoxy groups -OCH3 is 1. The minimum Gasteiger partial charge on any atom is -0.465 e. The topological polar surface area (TPSA) is 79.2 Å². The number of likely N-dealkylation sites (tertiary alicyclic amines) is 1. The number of hydrogen-bond acceptors (Lipinski definition) is 4. The van der Waals surface area contributed by atoms with Gasteiger partial charge in [-0.05, 0) is 40.8 Å². The summed E-state index contributed by atoms with van der Waals surface area (Å²) >= 11 is 0. The number of amides is 1. The Morgan fingerprint density at radius 2 is 1.84 bits per heavy atom. The first-order valence-corrected chi connectivity index (χ1v) is 10.9. The van der Waals surface area contributed by atoms with Crippen molar-refractivity contribution in [3.63, 3.8) is 0 Å². The molecule has 6 heteroatoms. The number of rotatable bonds is 7. The molecule has 1 amide bonds. The van der Waals surface area contributed by atoms with Crippen LogP contribution in [0.5, 0.6) is 0 Å². The molecule has 1 saturated heterocycles. The predicted octanol–water partition coefficient (Wildman–Crippen LogP) is 4.57. The standard InChI is InChI=1S/C26H29NO5/c1-31-25(22-11-10-19-4-2-3-5-21(19)16-22)32-24-17-27(26(29)30)14-12-23(24)20-8-6-18(7-9-20)13-15-28/h2-11,16,23-25,28H,12-15,17H2,1H3,(H,29,30). The first-order valence-electron chi connectivity index (χ1n) is 10.9. The molecule has 6 nitrogen and oxygen atoms in total. The molecule has 3 atom stereocenters. The van der Waals surface area contributed by atoms with Gasteiger partial charge < -0.3 is 24.6 Å². The number of ether oxygens (including phenoxy) is 2. The fourth-order valence-corrected chi connectivity index (χ4v) is 4.45. The molecular formula is C26H29NO5. The molecule has 1 fully saturated rings. The van der Waals surface area contributed by atoms with Gasteiger partial charge in [0.15, 0.2) is 6.29 Å². The number of piperidine rings is 1. The van der Waals surface area contributed by atoms with E-state index < -0.39 is 12.4 Å². The summed E-state index contributed by atoms with van der Waals surface area (Å²) in [6, 6.07) is 22.4. The van der Waals surface area contributed by atoms with Gasteiger partial charge in [-0.2, -0.15) is 0 Å². The maximum atomic E-state index is 11.6. The van der Waals surface area contributed by atoms with E-state index in [1.807, 2.05) is 36.4 Å². The summed E-state index contributed by atoms with van der Waals surface area (Å²) in [5, 5.41) is 21.0. The maximum absolute atomic E-state index is 11.6. The zero-order chi connectivity index (χ0) is 22.5. The van der Waals surface area contributed by atoms with Gasteiger partial charge in [0, 0.05) is 31.7 Å². The van der Waals surface area contributed by atoms with Gasteiger partial charge in [0.25, 0.3) is 0 Å². The zero-order valence-electron chi connectivity index (χ0n) is 18.2. The van der Waals surface area contributed by atoms with E-state index in [1.165, 1.54) is 4.90 Å². The Morgan fingerprint density at radius 1 is 1.09 bits per heavy atom. The molecular weight excluding hydrogens is 406 g/mol. The predicted molar refractivity (Wildman–Crippen MR) is 123 cm³/mol. The van der Waals surface area contributed by atoms with Crippen molar-refractivity contribution in [1.82, 2.24) is 4.90 Å². The number of hydrogen-bond donors (Lipinski definition) is 2. The lowest BCUT2D eigenvalue weighted by Gasteiger charge is -2.39. The van der Waals surface area contributed by atoms with Crippen molar-refractivity contribution < 1.29 is 24.5 Å². The second-order valence-electron chi connectivity index (χ2n) is 8.19. The van der Waals surface area contributed by atoms with Crippen LogP contribution in [0.1, 0.15) is 35.3 Å². The van der Waals surface area contributed by atoms with E-state index in [2.05, 4.69) is 30.3 Å². The average Bonchev–Trinajstić information content (AvgIpc) is 2.83. The van der Waals surface area contributed by atoms with Crippen LogP contribution in [0.25, 0.3) is 10.8 Å². The van der Waals surface area contributed by atoms with Crippen LogP contribution in [0.2, 0.25) is 0 Å². The van der Waals surface area contributed by atoms with Gasteiger partial charge in [-0.1, -0.05) is 60.7 Å². The van der Waals surface area contributed by atoms with Gasteiger partial charge in [-0.25, -0.2) is 4.79 Å². The minimum atomic E-state index is -0.935. The molecule has 0 saturated carbocycles. The van der Waals surface area contributed by atoms with Gasteiger partial charge in [-0.3, -0.25) is 0 Å². The largest absolute Gasteiger partial charge is 0.465 e. The normalized spacial score (nSPS) is 19.8. The molecule has 0 bridgehead atoms. The Labute approximate surface area is 188 Å². The highest BCUT2D eigenvalue weighted by molar-refractivity contribution is 5.83. The van der Waals surface area contributed by atoms with E-state index in [4.69, 9.17) is 14.6 Å². The zero-order valence-corrected chi connectivity index (χ0v) is 18.2. The summed E-state index contributed by atoms with van der Waals surface area (Å²) in [6.45, 7) is 0.862. The summed E-state index contributed by atoms with van der Waals surface area (Å²) in [7, 11) is 1.61. The first-order chi connectivity index (χ1) is 15.6. The molecule has 1 heterocycles. The number of carbonyl (C=O) groups is 1. The van der Waals surface area contributed by atoms with Crippen LogP contribution in [-0.2, 0) is 15.9 Å². The summed E-state index contributed by atoms with van der Waals surface area (Å²) < 4.78 is 12.1. The highest BCUT2D eigenvalue weighted by Crippen LogP contribution is 2.35. The van der Waals surface area contributed by atoms with E-state index in [0.29, 0.717) is 19.4 Å². The van der Waals surface area contributed by atoms with Gasteiger partial charge in [0.2, 0.25) is 0 Å². The Balaban J connectivity index is 1.59. The van der Waals surface area contributed by atoms with Crippen molar-refractivity contribution in [3.05, 3.63) is 83.4 Å². The molecule has 2 N–H and O–H groups in total. The van der Waals surface area contributed by atoms with E-state index in [9.17, 15) is 9.90 Å². The molecule has 0 radical (unpaired) electrons. The molecule has 3 unspecified atom stereocenters. The maximum Gasteiger partial charge on any atom is 0.407 e. The lowest BCUT2D eigenvalue weighted by atomic mass is 9.86. The Hall–Kier alpha value is -2.93. The molecule has 1 aliphatic rings. The molecule has 0 spiro atoms. The van der Waals surface area contributed by atoms with E-state index in [-0.39, 0.29) is 25.2 Å². The first kappa shape index (κ1) is 22.3. The number of carboxylic acid groups (broad SMARTS) is 1. The molecule has 0 aromatic heterocycles. The number of fused-ring (bicyclic) bond motifs is 1. The second-order valence-corrected chi connectivity index (χ2v) is 8.19. The number of nitrogens with zero attached hydrogens (tertiary/aromatic N) is 1. The number of aliphatic hydroxyl groups excluding tert-OH is 1.